The lowest BCUT2D eigenvalue weighted by molar-refractivity contribution is 0.0728. The number of carbonyl (C=O) groups is 1. The zero-order chi connectivity index (χ0) is 16.1. The van der Waals surface area contributed by atoms with Crippen LogP contribution in [0.25, 0.3) is 5.52 Å². The monoisotopic (exact) mass is 350 g/mol. The summed E-state index contributed by atoms with van der Waals surface area (Å²) >= 11 is 11.9. The first-order chi connectivity index (χ1) is 11.0. The molecule has 0 saturated heterocycles. The molecule has 3 aromatic rings. The highest BCUT2D eigenvalue weighted by atomic mass is 35.5. The number of aromatic nitrogens is 2. The summed E-state index contributed by atoms with van der Waals surface area (Å²) in [5.74, 6) is 0.596. The third-order valence-electron chi connectivity index (χ3n) is 3.90. The molecule has 3 aromatic heterocycles. The van der Waals surface area contributed by atoms with Crippen LogP contribution in [0.1, 0.15) is 16.2 Å². The fourth-order valence-corrected chi connectivity index (χ4v) is 3.12. The van der Waals surface area contributed by atoms with E-state index in [1.165, 1.54) is 0 Å². The van der Waals surface area contributed by atoms with E-state index in [2.05, 4.69) is 5.10 Å². The van der Waals surface area contributed by atoms with Crippen molar-refractivity contribution < 1.29 is 9.21 Å². The van der Waals surface area contributed by atoms with Gasteiger partial charge in [-0.15, -0.1) is 0 Å². The van der Waals surface area contributed by atoms with E-state index < -0.39 is 0 Å². The first-order valence-electron chi connectivity index (χ1n) is 7.01. The Hall–Kier alpha value is -2.18. The van der Waals surface area contributed by atoms with Crippen LogP contribution >= 0.6 is 23.2 Å². The van der Waals surface area contributed by atoms with Crippen molar-refractivity contribution in [2.24, 2.45) is 0 Å². The van der Waals surface area contributed by atoms with Crippen molar-refractivity contribution in [3.05, 3.63) is 52.2 Å². The number of anilines is 1. The van der Waals surface area contributed by atoms with Crippen molar-refractivity contribution in [3.8, 4) is 0 Å². The van der Waals surface area contributed by atoms with Crippen LogP contribution in [0.3, 0.4) is 0 Å². The topological polar surface area (TPSA) is 54.0 Å². The fourth-order valence-electron chi connectivity index (χ4n) is 2.76. The van der Waals surface area contributed by atoms with E-state index in [4.69, 9.17) is 27.6 Å². The Kier molecular flexibility index (Phi) is 3.25. The molecule has 0 bridgehead atoms. The van der Waals surface area contributed by atoms with Gasteiger partial charge in [0.1, 0.15) is 11.4 Å². The van der Waals surface area contributed by atoms with E-state index in [0.29, 0.717) is 28.9 Å². The third-order valence-corrected chi connectivity index (χ3v) is 4.30. The van der Waals surface area contributed by atoms with Crippen molar-refractivity contribution in [2.75, 3.05) is 18.6 Å². The third kappa shape index (κ3) is 2.34. The highest BCUT2D eigenvalue weighted by Crippen LogP contribution is 2.32. The van der Waals surface area contributed by atoms with Crippen molar-refractivity contribution in [3.63, 3.8) is 0 Å². The fraction of sp³-hybridized carbons (Fsp3) is 0.200. The number of hydrogen-bond donors (Lipinski definition) is 0. The Balaban J connectivity index is 1.68. The summed E-state index contributed by atoms with van der Waals surface area (Å²) in [6.45, 7) is 0.501. The van der Waals surface area contributed by atoms with Crippen molar-refractivity contribution >= 4 is 40.3 Å². The first-order valence-corrected chi connectivity index (χ1v) is 7.77. The van der Waals surface area contributed by atoms with Crippen molar-refractivity contribution in [2.45, 2.75) is 6.42 Å². The van der Waals surface area contributed by atoms with Gasteiger partial charge in [-0.05, 0) is 29.8 Å². The highest BCUT2D eigenvalue weighted by Gasteiger charge is 2.30. The molecular weight excluding hydrogens is 339 g/mol. The molecule has 23 heavy (non-hydrogen) atoms. The average Bonchev–Trinajstić information content (AvgIpc) is 3.09. The lowest BCUT2D eigenvalue weighted by Gasteiger charge is -2.35. The van der Waals surface area contributed by atoms with Gasteiger partial charge in [-0.2, -0.15) is 5.10 Å². The molecule has 1 aliphatic rings. The number of nitrogens with zero attached hydrogens (tertiary/aromatic N) is 4. The SMILES string of the molecule is CN1c2cc(Cl)oc2CCN1C(=O)c1cc2ccc(Cl)cn2n1. The van der Waals surface area contributed by atoms with Gasteiger partial charge in [-0.3, -0.25) is 9.80 Å². The molecule has 0 atom stereocenters. The van der Waals surface area contributed by atoms with E-state index in [1.54, 1.807) is 46.0 Å². The number of carbonyl (C=O) groups excluding carboxylic acids is 1. The predicted octanol–water partition coefficient (Wildman–Crippen LogP) is 3.28. The lowest BCUT2D eigenvalue weighted by atomic mass is 10.2. The number of hydrazine groups is 1. The van der Waals surface area contributed by atoms with Crippen molar-refractivity contribution in [1.29, 1.82) is 0 Å². The molecule has 0 N–H and O–H groups in total. The minimum Gasteiger partial charge on any atom is -0.447 e. The number of amides is 1. The lowest BCUT2D eigenvalue weighted by Crippen LogP contribution is -2.48. The Morgan fingerprint density at radius 1 is 1.30 bits per heavy atom. The average molecular weight is 351 g/mol. The molecule has 1 amide bonds. The van der Waals surface area contributed by atoms with Gasteiger partial charge in [0.2, 0.25) is 0 Å². The molecule has 0 aromatic carbocycles. The number of pyridine rings is 1. The molecule has 6 nitrogen and oxygen atoms in total. The minimum absolute atomic E-state index is 0.185. The molecular formula is C15H12Cl2N4O2. The molecule has 8 heteroatoms. The second-order valence-corrected chi connectivity index (χ2v) is 6.12. The van der Waals surface area contributed by atoms with Crippen LogP contribution in [0.15, 0.2) is 34.9 Å². The van der Waals surface area contributed by atoms with Gasteiger partial charge in [-0.25, -0.2) is 9.52 Å². The van der Waals surface area contributed by atoms with Crippen molar-refractivity contribution in [1.82, 2.24) is 14.6 Å². The Labute approximate surface area is 141 Å². The van der Waals surface area contributed by atoms with Gasteiger partial charge in [-0.1, -0.05) is 11.6 Å². The zero-order valence-electron chi connectivity index (χ0n) is 12.2. The Bertz CT molecular complexity index is 917. The standard InChI is InChI=1S/C15H12Cl2N4O2/c1-19-12-7-14(17)23-13(12)4-5-21(19)15(22)11-6-10-3-2-9(16)8-20(10)18-11/h2-3,6-8H,4-5H2,1H3. The molecule has 0 spiro atoms. The van der Waals surface area contributed by atoms with Crippen LogP contribution < -0.4 is 5.01 Å². The van der Waals surface area contributed by atoms with Crippen LogP contribution in [0.5, 0.6) is 0 Å². The molecule has 0 unspecified atom stereocenters. The molecule has 4 heterocycles. The Morgan fingerprint density at radius 2 is 2.13 bits per heavy atom. The van der Waals surface area contributed by atoms with Crippen LogP contribution in [-0.2, 0) is 6.42 Å². The molecule has 0 fully saturated rings. The summed E-state index contributed by atoms with van der Waals surface area (Å²) in [5, 5.41) is 8.56. The quantitative estimate of drug-likeness (QED) is 0.675. The van der Waals surface area contributed by atoms with Gasteiger partial charge in [0, 0.05) is 25.7 Å². The van der Waals surface area contributed by atoms with Crippen LogP contribution in [0.4, 0.5) is 5.69 Å². The summed E-state index contributed by atoms with van der Waals surface area (Å²) in [6.07, 6.45) is 2.28. The molecule has 0 saturated carbocycles. The summed E-state index contributed by atoms with van der Waals surface area (Å²) in [7, 11) is 1.80. The molecule has 0 radical (unpaired) electrons. The van der Waals surface area contributed by atoms with E-state index >= 15 is 0 Å². The smallest absolute Gasteiger partial charge is 0.292 e. The summed E-state index contributed by atoms with van der Waals surface area (Å²) in [6, 6.07) is 7.03. The number of rotatable bonds is 1. The maximum atomic E-state index is 12.8. The van der Waals surface area contributed by atoms with Gasteiger partial charge in [0.05, 0.1) is 17.1 Å². The van der Waals surface area contributed by atoms with Gasteiger partial charge in [0.15, 0.2) is 10.9 Å². The zero-order valence-corrected chi connectivity index (χ0v) is 13.7. The van der Waals surface area contributed by atoms with E-state index in [-0.39, 0.29) is 5.91 Å². The minimum atomic E-state index is -0.185. The molecule has 1 aliphatic heterocycles. The summed E-state index contributed by atoms with van der Waals surface area (Å²) in [5.41, 5.74) is 1.96. The highest BCUT2D eigenvalue weighted by molar-refractivity contribution is 6.30. The van der Waals surface area contributed by atoms with Gasteiger partial charge < -0.3 is 4.42 Å². The number of halogens is 2. The number of furan rings is 1. The second kappa shape index (κ2) is 5.18. The molecule has 0 aliphatic carbocycles. The van der Waals surface area contributed by atoms with Gasteiger partial charge in [0.25, 0.3) is 5.91 Å². The van der Waals surface area contributed by atoms with Crippen LogP contribution in [0.2, 0.25) is 10.2 Å². The van der Waals surface area contributed by atoms with Gasteiger partial charge >= 0.3 is 0 Å². The molecule has 118 valence electrons. The van der Waals surface area contributed by atoms with E-state index in [9.17, 15) is 4.79 Å². The predicted molar refractivity (Wildman–Crippen MR) is 87.1 cm³/mol. The summed E-state index contributed by atoms with van der Waals surface area (Å²) < 4.78 is 7.02. The normalized spacial score (nSPS) is 14.4. The van der Waals surface area contributed by atoms with E-state index in [1.807, 2.05) is 6.07 Å². The maximum absolute atomic E-state index is 12.8. The maximum Gasteiger partial charge on any atom is 0.292 e. The van der Waals surface area contributed by atoms with E-state index in [0.717, 1.165) is 17.0 Å². The largest absolute Gasteiger partial charge is 0.447 e. The van der Waals surface area contributed by atoms with Crippen LogP contribution in [0, 0.1) is 0 Å². The second-order valence-electron chi connectivity index (χ2n) is 5.31. The first kappa shape index (κ1) is 14.4. The Morgan fingerprint density at radius 3 is 2.96 bits per heavy atom. The summed E-state index contributed by atoms with van der Waals surface area (Å²) in [4.78, 5) is 12.8. The number of fused-ring (bicyclic) bond motifs is 2. The number of hydrogen-bond acceptors (Lipinski definition) is 4. The van der Waals surface area contributed by atoms with Crippen LogP contribution in [-0.4, -0.2) is 34.1 Å². The molecule has 4 rings (SSSR count).